The van der Waals surface area contributed by atoms with E-state index in [-0.39, 0.29) is 10.8 Å². The van der Waals surface area contributed by atoms with Crippen molar-refractivity contribution in [3.63, 3.8) is 0 Å². The van der Waals surface area contributed by atoms with E-state index in [0.717, 1.165) is 38.1 Å². The van der Waals surface area contributed by atoms with Crippen LogP contribution < -0.4 is 4.74 Å². The van der Waals surface area contributed by atoms with Gasteiger partial charge in [-0.3, -0.25) is 4.79 Å². The Bertz CT molecular complexity index is 593. The lowest BCUT2D eigenvalue weighted by Gasteiger charge is -2.32. The molecule has 2 unspecified atom stereocenters. The molecule has 0 radical (unpaired) electrons. The number of amides is 1. The number of methoxy groups -OCH3 is 1. The molecule has 0 N–H and O–H groups in total. The molecule has 0 heterocycles. The van der Waals surface area contributed by atoms with Crippen molar-refractivity contribution in [1.29, 1.82) is 0 Å². The third-order valence-electron chi connectivity index (χ3n) is 5.99. The highest BCUT2D eigenvalue weighted by Gasteiger charge is 2.70. The zero-order valence-electron chi connectivity index (χ0n) is 14.2. The monoisotopic (exact) mass is 301 g/mol. The molecule has 2 atom stereocenters. The van der Waals surface area contributed by atoms with E-state index >= 15 is 0 Å². The number of ether oxygens (including phenoxy) is 1. The van der Waals surface area contributed by atoms with Crippen LogP contribution in [0.5, 0.6) is 5.75 Å². The van der Waals surface area contributed by atoms with E-state index in [1.54, 1.807) is 7.11 Å². The first-order valence-corrected chi connectivity index (χ1v) is 8.49. The van der Waals surface area contributed by atoms with E-state index in [0.29, 0.717) is 5.91 Å². The van der Waals surface area contributed by atoms with Crippen LogP contribution in [0.15, 0.2) is 18.2 Å². The van der Waals surface area contributed by atoms with E-state index in [9.17, 15) is 4.79 Å². The van der Waals surface area contributed by atoms with Gasteiger partial charge in [0, 0.05) is 18.5 Å². The van der Waals surface area contributed by atoms with Crippen LogP contribution in [0.3, 0.4) is 0 Å². The SMILES string of the molecule is CCN(CC)C(=O)C1(C)CC12CCCc1ccc(OC)cc12. The quantitative estimate of drug-likeness (QED) is 0.851. The van der Waals surface area contributed by atoms with Crippen molar-refractivity contribution >= 4 is 5.91 Å². The minimum absolute atomic E-state index is 0.0365. The van der Waals surface area contributed by atoms with Crippen LogP contribution >= 0.6 is 0 Å². The zero-order valence-corrected chi connectivity index (χ0v) is 14.2. The summed E-state index contributed by atoms with van der Waals surface area (Å²) in [7, 11) is 1.71. The summed E-state index contributed by atoms with van der Waals surface area (Å²) in [6.07, 6.45) is 4.41. The van der Waals surface area contributed by atoms with E-state index in [4.69, 9.17) is 4.74 Å². The molecule has 3 nitrogen and oxygen atoms in total. The highest BCUT2D eigenvalue weighted by atomic mass is 16.5. The molecule has 0 saturated heterocycles. The number of aryl methyl sites for hydroxylation is 1. The molecule has 3 rings (SSSR count). The number of rotatable bonds is 4. The first-order valence-electron chi connectivity index (χ1n) is 8.49. The van der Waals surface area contributed by atoms with Gasteiger partial charge in [0.2, 0.25) is 5.91 Å². The summed E-state index contributed by atoms with van der Waals surface area (Å²) in [5.41, 5.74) is 2.57. The van der Waals surface area contributed by atoms with Crippen LogP contribution in [0.1, 0.15) is 51.2 Å². The van der Waals surface area contributed by atoms with Crippen LogP contribution in [-0.2, 0) is 16.6 Å². The Kier molecular flexibility index (Phi) is 3.70. The third kappa shape index (κ3) is 1.98. The largest absolute Gasteiger partial charge is 0.497 e. The van der Waals surface area contributed by atoms with Crippen molar-refractivity contribution in [2.45, 2.75) is 51.9 Å². The predicted molar refractivity (Wildman–Crippen MR) is 88.3 cm³/mol. The van der Waals surface area contributed by atoms with Gasteiger partial charge in [-0.05, 0) is 69.7 Å². The van der Waals surface area contributed by atoms with Crippen LogP contribution in [0.25, 0.3) is 0 Å². The second kappa shape index (κ2) is 5.29. The van der Waals surface area contributed by atoms with E-state index in [1.165, 1.54) is 17.5 Å². The van der Waals surface area contributed by atoms with Gasteiger partial charge in [0.1, 0.15) is 5.75 Å². The van der Waals surface area contributed by atoms with Gasteiger partial charge in [-0.15, -0.1) is 0 Å². The fourth-order valence-electron chi connectivity index (χ4n) is 4.52. The van der Waals surface area contributed by atoms with Gasteiger partial charge in [-0.1, -0.05) is 6.07 Å². The van der Waals surface area contributed by atoms with Gasteiger partial charge in [-0.2, -0.15) is 0 Å². The molecular formula is C19H27NO2. The van der Waals surface area contributed by atoms with Crippen molar-refractivity contribution in [1.82, 2.24) is 4.90 Å². The normalized spacial score (nSPS) is 29.1. The van der Waals surface area contributed by atoms with Gasteiger partial charge < -0.3 is 9.64 Å². The van der Waals surface area contributed by atoms with Gasteiger partial charge in [-0.25, -0.2) is 0 Å². The molecule has 0 aliphatic heterocycles. The summed E-state index contributed by atoms with van der Waals surface area (Å²) >= 11 is 0. The van der Waals surface area contributed by atoms with Gasteiger partial charge in [0.05, 0.1) is 12.5 Å². The molecule has 1 saturated carbocycles. The summed E-state index contributed by atoms with van der Waals surface area (Å²) in [6.45, 7) is 7.90. The lowest BCUT2D eigenvalue weighted by molar-refractivity contribution is -0.136. The van der Waals surface area contributed by atoms with E-state index < -0.39 is 0 Å². The number of carbonyl (C=O) groups excluding carboxylic acids is 1. The molecule has 2 aliphatic carbocycles. The fraction of sp³-hybridized carbons (Fsp3) is 0.632. The Morgan fingerprint density at radius 1 is 1.32 bits per heavy atom. The molecule has 2 aliphatic rings. The number of nitrogens with zero attached hydrogens (tertiary/aromatic N) is 1. The number of benzene rings is 1. The summed E-state index contributed by atoms with van der Waals surface area (Å²) in [6, 6.07) is 6.41. The lowest BCUT2D eigenvalue weighted by Crippen LogP contribution is -2.40. The highest BCUT2D eigenvalue weighted by Crippen LogP contribution is 2.69. The lowest BCUT2D eigenvalue weighted by atomic mass is 9.75. The van der Waals surface area contributed by atoms with E-state index in [1.807, 2.05) is 11.0 Å². The molecule has 1 aromatic carbocycles. The van der Waals surface area contributed by atoms with Gasteiger partial charge in [0.25, 0.3) is 0 Å². The van der Waals surface area contributed by atoms with Crippen molar-refractivity contribution in [2.75, 3.05) is 20.2 Å². The van der Waals surface area contributed by atoms with Crippen molar-refractivity contribution in [2.24, 2.45) is 5.41 Å². The van der Waals surface area contributed by atoms with Crippen LogP contribution in [0.4, 0.5) is 0 Å². The number of hydrogen-bond donors (Lipinski definition) is 0. The average Bonchev–Trinajstić information content (AvgIpc) is 3.15. The van der Waals surface area contributed by atoms with Gasteiger partial charge >= 0.3 is 0 Å². The molecule has 1 fully saturated rings. The molecule has 1 aromatic rings. The molecule has 3 heteroatoms. The van der Waals surface area contributed by atoms with E-state index in [2.05, 4.69) is 32.9 Å². The summed E-state index contributed by atoms with van der Waals surface area (Å²) in [5.74, 6) is 1.23. The standard InChI is InChI=1S/C19H27NO2/c1-5-20(6-2)17(21)18(3)13-19(18)11-7-8-14-9-10-15(22-4)12-16(14)19/h9-10,12H,5-8,11,13H2,1-4H3. The Balaban J connectivity index is 1.99. The minimum Gasteiger partial charge on any atom is -0.497 e. The maximum atomic E-state index is 13.0. The van der Waals surface area contributed by atoms with Crippen molar-refractivity contribution in [3.05, 3.63) is 29.3 Å². The molecule has 0 bridgehead atoms. The second-order valence-electron chi connectivity index (χ2n) is 6.95. The van der Waals surface area contributed by atoms with Crippen molar-refractivity contribution < 1.29 is 9.53 Å². The molecule has 22 heavy (non-hydrogen) atoms. The summed E-state index contributed by atoms with van der Waals surface area (Å²) in [4.78, 5) is 15.0. The summed E-state index contributed by atoms with van der Waals surface area (Å²) in [5, 5.41) is 0. The maximum Gasteiger partial charge on any atom is 0.229 e. The Hall–Kier alpha value is -1.51. The van der Waals surface area contributed by atoms with Gasteiger partial charge in [0.15, 0.2) is 0 Å². The molecule has 120 valence electrons. The first kappa shape index (κ1) is 15.4. The topological polar surface area (TPSA) is 29.5 Å². The molecule has 1 amide bonds. The van der Waals surface area contributed by atoms with Crippen LogP contribution in [0.2, 0.25) is 0 Å². The highest BCUT2D eigenvalue weighted by molar-refractivity contribution is 5.89. The number of hydrogen-bond acceptors (Lipinski definition) is 2. The second-order valence-corrected chi connectivity index (χ2v) is 6.95. The minimum atomic E-state index is -0.236. The zero-order chi connectivity index (χ0) is 16.0. The Labute approximate surface area is 133 Å². The number of fused-ring (bicyclic) bond motifs is 2. The third-order valence-corrected chi connectivity index (χ3v) is 5.99. The molecular weight excluding hydrogens is 274 g/mol. The maximum absolute atomic E-state index is 13.0. The van der Waals surface area contributed by atoms with Crippen LogP contribution in [-0.4, -0.2) is 31.0 Å². The predicted octanol–water partition coefficient (Wildman–Crippen LogP) is 3.55. The smallest absolute Gasteiger partial charge is 0.229 e. The Morgan fingerprint density at radius 3 is 2.68 bits per heavy atom. The average molecular weight is 301 g/mol. The van der Waals surface area contributed by atoms with Crippen molar-refractivity contribution in [3.8, 4) is 5.75 Å². The van der Waals surface area contributed by atoms with Crippen LogP contribution in [0, 0.1) is 5.41 Å². The molecule has 0 aromatic heterocycles. The summed E-state index contributed by atoms with van der Waals surface area (Å²) < 4.78 is 5.42. The molecule has 1 spiro atoms. The fourth-order valence-corrected chi connectivity index (χ4v) is 4.52. The number of carbonyl (C=O) groups is 1. The first-order chi connectivity index (χ1) is 10.5. The Morgan fingerprint density at radius 2 is 2.05 bits per heavy atom.